The molecular formula is C10H20N2OS. The largest absolute Gasteiger partial charge is 0.362 e. The van der Waals surface area contributed by atoms with Crippen molar-refractivity contribution in [2.45, 2.75) is 40.5 Å². The molecular weight excluding hydrogens is 196 g/mol. The summed E-state index contributed by atoms with van der Waals surface area (Å²) in [4.78, 5) is 11.5. The molecule has 0 aliphatic rings. The third-order valence-electron chi connectivity index (χ3n) is 1.72. The summed E-state index contributed by atoms with van der Waals surface area (Å²) in [6.45, 7) is 8.50. The maximum absolute atomic E-state index is 11.5. The van der Waals surface area contributed by atoms with Crippen LogP contribution in [0.4, 0.5) is 0 Å². The van der Waals surface area contributed by atoms with Crippen LogP contribution in [0.25, 0.3) is 0 Å². The Hall–Kier alpha value is -0.640. The topological polar surface area (TPSA) is 41.1 Å². The Morgan fingerprint density at radius 3 is 2.36 bits per heavy atom. The Balaban J connectivity index is 3.78. The first-order valence-corrected chi connectivity index (χ1v) is 5.38. The molecule has 0 saturated heterocycles. The molecule has 0 heterocycles. The van der Waals surface area contributed by atoms with Crippen LogP contribution in [0.15, 0.2) is 0 Å². The highest BCUT2D eigenvalue weighted by atomic mass is 32.1. The van der Waals surface area contributed by atoms with Gasteiger partial charge in [0.25, 0.3) is 0 Å². The van der Waals surface area contributed by atoms with Crippen LogP contribution in [-0.2, 0) is 4.79 Å². The fourth-order valence-electron chi connectivity index (χ4n) is 0.714. The molecule has 0 aliphatic heterocycles. The molecule has 0 aromatic rings. The number of unbranched alkanes of at least 4 members (excludes halogenated alkanes) is 1. The minimum Gasteiger partial charge on any atom is -0.362 e. The zero-order valence-corrected chi connectivity index (χ0v) is 10.3. The molecule has 0 aromatic carbocycles. The van der Waals surface area contributed by atoms with Crippen molar-refractivity contribution in [3.05, 3.63) is 0 Å². The zero-order chi connectivity index (χ0) is 11.2. The normalized spacial score (nSPS) is 10.9. The van der Waals surface area contributed by atoms with Gasteiger partial charge in [-0.25, -0.2) is 0 Å². The maximum Gasteiger partial charge on any atom is 0.231 e. The lowest BCUT2D eigenvalue weighted by atomic mass is 9.96. The number of thiocarbonyl (C=S) groups is 1. The van der Waals surface area contributed by atoms with Crippen LogP contribution in [0.5, 0.6) is 0 Å². The molecule has 2 N–H and O–H groups in total. The van der Waals surface area contributed by atoms with Gasteiger partial charge in [-0.05, 0) is 18.6 Å². The van der Waals surface area contributed by atoms with Crippen LogP contribution in [0.2, 0.25) is 0 Å². The number of hydrogen-bond donors (Lipinski definition) is 2. The molecule has 0 rings (SSSR count). The monoisotopic (exact) mass is 216 g/mol. The van der Waals surface area contributed by atoms with Gasteiger partial charge in [-0.3, -0.25) is 4.79 Å². The number of carbonyl (C=O) groups is 1. The van der Waals surface area contributed by atoms with Crippen molar-refractivity contribution in [3.8, 4) is 0 Å². The third-order valence-corrected chi connectivity index (χ3v) is 1.97. The van der Waals surface area contributed by atoms with E-state index in [-0.39, 0.29) is 5.91 Å². The van der Waals surface area contributed by atoms with Gasteiger partial charge in [-0.1, -0.05) is 34.1 Å². The Morgan fingerprint density at radius 1 is 1.36 bits per heavy atom. The number of rotatable bonds is 3. The first-order valence-electron chi connectivity index (χ1n) is 4.97. The number of nitrogens with one attached hydrogen (secondary N) is 2. The van der Waals surface area contributed by atoms with Crippen molar-refractivity contribution in [3.63, 3.8) is 0 Å². The van der Waals surface area contributed by atoms with E-state index in [9.17, 15) is 4.79 Å². The summed E-state index contributed by atoms with van der Waals surface area (Å²) in [6, 6.07) is 0. The van der Waals surface area contributed by atoms with Crippen LogP contribution >= 0.6 is 12.2 Å². The Labute approximate surface area is 91.6 Å². The van der Waals surface area contributed by atoms with Crippen molar-refractivity contribution in [1.29, 1.82) is 0 Å². The summed E-state index contributed by atoms with van der Waals surface area (Å²) in [7, 11) is 0. The van der Waals surface area contributed by atoms with Gasteiger partial charge in [0.05, 0.1) is 0 Å². The zero-order valence-electron chi connectivity index (χ0n) is 9.44. The second kappa shape index (κ2) is 5.96. The smallest absolute Gasteiger partial charge is 0.231 e. The van der Waals surface area contributed by atoms with Crippen molar-refractivity contribution in [2.24, 2.45) is 5.41 Å². The van der Waals surface area contributed by atoms with E-state index in [0.29, 0.717) is 5.11 Å². The molecule has 0 spiro atoms. The lowest BCUT2D eigenvalue weighted by Gasteiger charge is -2.18. The number of carbonyl (C=O) groups excluding carboxylic acids is 1. The molecule has 0 aliphatic carbocycles. The van der Waals surface area contributed by atoms with Gasteiger partial charge in [0.1, 0.15) is 0 Å². The van der Waals surface area contributed by atoms with Gasteiger partial charge in [0.2, 0.25) is 5.91 Å². The van der Waals surface area contributed by atoms with Crippen molar-refractivity contribution in [1.82, 2.24) is 10.6 Å². The lowest BCUT2D eigenvalue weighted by Crippen LogP contribution is -2.44. The summed E-state index contributed by atoms with van der Waals surface area (Å²) in [5.74, 6) is -0.0495. The van der Waals surface area contributed by atoms with Gasteiger partial charge < -0.3 is 10.6 Å². The van der Waals surface area contributed by atoms with Crippen molar-refractivity contribution < 1.29 is 4.79 Å². The van der Waals surface area contributed by atoms with E-state index in [2.05, 4.69) is 17.6 Å². The molecule has 0 radical (unpaired) electrons. The average molecular weight is 216 g/mol. The highest BCUT2D eigenvalue weighted by molar-refractivity contribution is 7.80. The van der Waals surface area contributed by atoms with Crippen molar-refractivity contribution >= 4 is 23.2 Å². The quantitative estimate of drug-likeness (QED) is 0.558. The van der Waals surface area contributed by atoms with Crippen molar-refractivity contribution in [2.75, 3.05) is 6.54 Å². The summed E-state index contributed by atoms with van der Waals surface area (Å²) >= 11 is 4.97. The van der Waals surface area contributed by atoms with Crippen LogP contribution in [0.3, 0.4) is 0 Å². The minimum atomic E-state index is -0.392. The predicted octanol–water partition coefficient (Wildman–Crippen LogP) is 1.82. The summed E-state index contributed by atoms with van der Waals surface area (Å²) in [5, 5.41) is 6.08. The van der Waals surface area contributed by atoms with Gasteiger partial charge in [-0.15, -0.1) is 0 Å². The van der Waals surface area contributed by atoms with Gasteiger partial charge in [-0.2, -0.15) is 0 Å². The molecule has 3 nitrogen and oxygen atoms in total. The van der Waals surface area contributed by atoms with E-state index in [1.54, 1.807) is 0 Å². The van der Waals surface area contributed by atoms with Crippen LogP contribution in [0, 0.1) is 5.41 Å². The Bertz CT molecular complexity index is 209. The fraction of sp³-hybridized carbons (Fsp3) is 0.800. The second-order valence-electron chi connectivity index (χ2n) is 4.31. The summed E-state index contributed by atoms with van der Waals surface area (Å²) < 4.78 is 0. The fourth-order valence-corrected chi connectivity index (χ4v) is 0.908. The highest BCUT2D eigenvalue weighted by Gasteiger charge is 2.21. The third kappa shape index (κ3) is 5.91. The van der Waals surface area contributed by atoms with Crippen LogP contribution < -0.4 is 10.6 Å². The van der Waals surface area contributed by atoms with E-state index in [1.807, 2.05) is 20.8 Å². The van der Waals surface area contributed by atoms with Gasteiger partial charge in [0.15, 0.2) is 5.11 Å². The molecule has 0 unspecified atom stereocenters. The molecule has 14 heavy (non-hydrogen) atoms. The molecule has 82 valence electrons. The molecule has 0 bridgehead atoms. The van der Waals surface area contributed by atoms with E-state index >= 15 is 0 Å². The SMILES string of the molecule is CCCCNC(=S)NC(=O)C(C)(C)C. The second-order valence-corrected chi connectivity index (χ2v) is 4.72. The molecule has 0 atom stereocenters. The average Bonchev–Trinajstić information content (AvgIpc) is 2.03. The van der Waals surface area contributed by atoms with Crippen LogP contribution in [-0.4, -0.2) is 17.6 Å². The summed E-state index contributed by atoms with van der Waals surface area (Å²) in [5.41, 5.74) is -0.392. The van der Waals surface area contributed by atoms with Gasteiger partial charge >= 0.3 is 0 Å². The standard InChI is InChI=1S/C10H20N2OS/c1-5-6-7-11-9(14)12-8(13)10(2,3)4/h5-7H2,1-4H3,(H2,11,12,13,14). The number of amides is 1. The Kier molecular flexibility index (Phi) is 5.69. The molecule has 0 saturated carbocycles. The first-order chi connectivity index (χ1) is 6.38. The van der Waals surface area contributed by atoms with Crippen LogP contribution in [0.1, 0.15) is 40.5 Å². The van der Waals surface area contributed by atoms with E-state index in [4.69, 9.17) is 12.2 Å². The Morgan fingerprint density at radius 2 is 1.93 bits per heavy atom. The minimum absolute atomic E-state index is 0.0495. The molecule has 0 fully saturated rings. The van der Waals surface area contributed by atoms with Gasteiger partial charge in [0, 0.05) is 12.0 Å². The molecule has 0 aromatic heterocycles. The summed E-state index contributed by atoms with van der Waals surface area (Å²) in [6.07, 6.45) is 2.17. The lowest BCUT2D eigenvalue weighted by molar-refractivity contribution is -0.126. The molecule has 4 heteroatoms. The van der Waals surface area contributed by atoms with E-state index in [1.165, 1.54) is 0 Å². The molecule has 1 amide bonds. The number of hydrogen-bond acceptors (Lipinski definition) is 2. The maximum atomic E-state index is 11.5. The van der Waals surface area contributed by atoms with E-state index in [0.717, 1.165) is 19.4 Å². The highest BCUT2D eigenvalue weighted by Crippen LogP contribution is 2.11. The first kappa shape index (κ1) is 13.4. The van der Waals surface area contributed by atoms with E-state index < -0.39 is 5.41 Å². The predicted molar refractivity (Wildman–Crippen MR) is 63.1 cm³/mol.